The lowest BCUT2D eigenvalue weighted by Crippen LogP contribution is -2.20. The van der Waals surface area contributed by atoms with Gasteiger partial charge in [-0.05, 0) is 60.3 Å². The lowest BCUT2D eigenvalue weighted by Gasteiger charge is -2.21. The Hall–Kier alpha value is -2.42. The highest BCUT2D eigenvalue weighted by molar-refractivity contribution is 6.22. The van der Waals surface area contributed by atoms with Gasteiger partial charge in [0, 0.05) is 23.2 Å². The number of benzene rings is 2. The first-order valence-corrected chi connectivity index (χ1v) is 9.27. The second-order valence-electron chi connectivity index (χ2n) is 7.82. The molecule has 0 unspecified atom stereocenters. The number of nitrogens with one attached hydrogen (secondary N) is 1. The summed E-state index contributed by atoms with van der Waals surface area (Å²) >= 11 is 0. The van der Waals surface area contributed by atoms with Gasteiger partial charge in [0.25, 0.3) is 0 Å². The molecule has 1 N–H and O–H groups in total. The van der Waals surface area contributed by atoms with Gasteiger partial charge in [-0.1, -0.05) is 36.8 Å². The van der Waals surface area contributed by atoms with Gasteiger partial charge >= 0.3 is 0 Å². The Morgan fingerprint density at radius 2 is 1.76 bits per heavy atom. The summed E-state index contributed by atoms with van der Waals surface area (Å²) in [5.74, 6) is 2.31. The zero-order valence-corrected chi connectivity index (χ0v) is 14.1. The van der Waals surface area contributed by atoms with Gasteiger partial charge in [-0.15, -0.1) is 0 Å². The minimum absolute atomic E-state index is 0.0507. The van der Waals surface area contributed by atoms with Crippen molar-refractivity contribution in [2.24, 2.45) is 17.8 Å². The Bertz CT molecular complexity index is 885. The third-order valence-electron chi connectivity index (χ3n) is 6.34. The van der Waals surface area contributed by atoms with E-state index in [1.165, 1.54) is 25.7 Å². The summed E-state index contributed by atoms with van der Waals surface area (Å²) < 4.78 is 0. The molecule has 3 heteroatoms. The van der Waals surface area contributed by atoms with Crippen LogP contribution in [0.25, 0.3) is 11.1 Å². The second kappa shape index (κ2) is 5.55. The molecule has 0 aliphatic heterocycles. The predicted molar refractivity (Wildman–Crippen MR) is 97.5 cm³/mol. The lowest BCUT2D eigenvalue weighted by atomic mass is 9.86. The van der Waals surface area contributed by atoms with Crippen LogP contribution in [0.5, 0.6) is 0 Å². The predicted octanol–water partition coefficient (Wildman–Crippen LogP) is 4.66. The molecular weight excluding hydrogens is 310 g/mol. The first-order valence-electron chi connectivity index (χ1n) is 9.27. The number of amides is 1. The topological polar surface area (TPSA) is 46.2 Å². The van der Waals surface area contributed by atoms with Crippen LogP contribution < -0.4 is 5.32 Å². The van der Waals surface area contributed by atoms with Gasteiger partial charge in [0.1, 0.15) is 0 Å². The summed E-state index contributed by atoms with van der Waals surface area (Å²) in [6.07, 6.45) is 5.82. The Balaban J connectivity index is 1.33. The number of anilines is 1. The Labute approximate surface area is 147 Å². The van der Waals surface area contributed by atoms with Gasteiger partial charge in [0.2, 0.25) is 5.91 Å². The van der Waals surface area contributed by atoms with Gasteiger partial charge < -0.3 is 5.32 Å². The summed E-state index contributed by atoms with van der Waals surface area (Å²) in [6, 6.07) is 13.4. The van der Waals surface area contributed by atoms with Crippen LogP contribution in [0.2, 0.25) is 0 Å². The van der Waals surface area contributed by atoms with Crippen molar-refractivity contribution in [1.82, 2.24) is 0 Å². The molecule has 0 saturated heterocycles. The number of fused-ring (bicyclic) bond motifs is 5. The quantitative estimate of drug-likeness (QED) is 0.758. The molecule has 2 aromatic carbocycles. The highest BCUT2D eigenvalue weighted by Crippen LogP contribution is 2.49. The molecule has 3 aliphatic rings. The largest absolute Gasteiger partial charge is 0.326 e. The normalized spacial score (nSPS) is 25.8. The van der Waals surface area contributed by atoms with E-state index < -0.39 is 0 Å². The van der Waals surface area contributed by atoms with Crippen molar-refractivity contribution < 1.29 is 9.59 Å². The molecule has 1 amide bonds. The molecule has 25 heavy (non-hydrogen) atoms. The Morgan fingerprint density at radius 1 is 0.960 bits per heavy atom. The summed E-state index contributed by atoms with van der Waals surface area (Å²) in [6.45, 7) is 0. The monoisotopic (exact) mass is 331 g/mol. The van der Waals surface area contributed by atoms with Crippen LogP contribution in [-0.4, -0.2) is 11.7 Å². The molecule has 0 heterocycles. The van der Waals surface area contributed by atoms with Crippen LogP contribution in [-0.2, 0) is 4.79 Å². The van der Waals surface area contributed by atoms with E-state index in [1.54, 1.807) is 0 Å². The molecule has 3 aliphatic carbocycles. The molecular formula is C22H21NO2. The van der Waals surface area contributed by atoms with Crippen molar-refractivity contribution in [2.45, 2.75) is 32.1 Å². The average molecular weight is 331 g/mol. The van der Waals surface area contributed by atoms with Gasteiger partial charge in [0.05, 0.1) is 0 Å². The molecule has 3 atom stereocenters. The van der Waals surface area contributed by atoms with E-state index in [-0.39, 0.29) is 11.7 Å². The minimum atomic E-state index is 0.0507. The van der Waals surface area contributed by atoms with Crippen LogP contribution in [0, 0.1) is 17.8 Å². The SMILES string of the molecule is O=C(C[C@@H]1C[C@H]2CC[C@H]1C2)Nc1ccc2c(c1)C(=O)c1ccccc1-2. The lowest BCUT2D eigenvalue weighted by molar-refractivity contribution is -0.117. The first-order chi connectivity index (χ1) is 12.2. The smallest absolute Gasteiger partial charge is 0.224 e. The number of ketones is 1. The minimum Gasteiger partial charge on any atom is -0.326 e. The third kappa shape index (κ3) is 2.41. The molecule has 0 aromatic heterocycles. The van der Waals surface area contributed by atoms with E-state index >= 15 is 0 Å². The molecule has 0 radical (unpaired) electrons. The fourth-order valence-electron chi connectivity index (χ4n) is 5.18. The fourth-order valence-corrected chi connectivity index (χ4v) is 5.18. The molecule has 2 fully saturated rings. The van der Waals surface area contributed by atoms with Gasteiger partial charge in [0.15, 0.2) is 5.78 Å². The van der Waals surface area contributed by atoms with Crippen LogP contribution in [0.4, 0.5) is 5.69 Å². The maximum atomic E-state index is 12.6. The van der Waals surface area contributed by atoms with Crippen molar-refractivity contribution in [3.05, 3.63) is 53.6 Å². The molecule has 2 aromatic rings. The summed E-state index contributed by atoms with van der Waals surface area (Å²) in [5, 5.41) is 3.01. The summed E-state index contributed by atoms with van der Waals surface area (Å²) in [7, 11) is 0. The summed E-state index contributed by atoms with van der Waals surface area (Å²) in [4.78, 5) is 25.0. The average Bonchev–Trinajstić information content (AvgIpc) is 3.30. The van der Waals surface area contributed by atoms with Crippen molar-refractivity contribution in [1.29, 1.82) is 0 Å². The van der Waals surface area contributed by atoms with Crippen molar-refractivity contribution in [3.8, 4) is 11.1 Å². The molecule has 0 spiro atoms. The Kier molecular flexibility index (Phi) is 3.30. The van der Waals surface area contributed by atoms with Crippen LogP contribution in [0.15, 0.2) is 42.5 Å². The van der Waals surface area contributed by atoms with E-state index in [9.17, 15) is 9.59 Å². The van der Waals surface area contributed by atoms with E-state index in [2.05, 4.69) is 5.32 Å². The van der Waals surface area contributed by atoms with E-state index in [0.717, 1.165) is 34.2 Å². The molecule has 3 nitrogen and oxygen atoms in total. The fraction of sp³-hybridized carbons (Fsp3) is 0.364. The van der Waals surface area contributed by atoms with Crippen molar-refractivity contribution in [3.63, 3.8) is 0 Å². The molecule has 2 bridgehead atoms. The summed E-state index contributed by atoms with van der Waals surface area (Å²) in [5.41, 5.74) is 4.13. The van der Waals surface area contributed by atoms with Crippen molar-refractivity contribution >= 4 is 17.4 Å². The van der Waals surface area contributed by atoms with Crippen LogP contribution >= 0.6 is 0 Å². The molecule has 5 rings (SSSR count). The number of hydrogen-bond donors (Lipinski definition) is 1. The highest BCUT2D eigenvalue weighted by Gasteiger charge is 2.40. The highest BCUT2D eigenvalue weighted by atomic mass is 16.1. The van der Waals surface area contributed by atoms with Gasteiger partial charge in [-0.25, -0.2) is 0 Å². The zero-order valence-electron chi connectivity index (χ0n) is 14.1. The Morgan fingerprint density at radius 3 is 2.52 bits per heavy atom. The maximum absolute atomic E-state index is 12.6. The first kappa shape index (κ1) is 14.9. The molecule has 126 valence electrons. The van der Waals surface area contributed by atoms with E-state index in [4.69, 9.17) is 0 Å². The van der Waals surface area contributed by atoms with E-state index in [1.807, 2.05) is 42.5 Å². The van der Waals surface area contributed by atoms with Gasteiger partial charge in [-0.3, -0.25) is 9.59 Å². The molecule has 2 saturated carbocycles. The van der Waals surface area contributed by atoms with Gasteiger partial charge in [-0.2, -0.15) is 0 Å². The van der Waals surface area contributed by atoms with Crippen LogP contribution in [0.3, 0.4) is 0 Å². The van der Waals surface area contributed by atoms with E-state index in [0.29, 0.717) is 17.9 Å². The number of carbonyl (C=O) groups excluding carboxylic acids is 2. The van der Waals surface area contributed by atoms with Crippen molar-refractivity contribution in [2.75, 3.05) is 5.32 Å². The zero-order chi connectivity index (χ0) is 17.0. The van der Waals surface area contributed by atoms with Crippen LogP contribution in [0.1, 0.15) is 48.0 Å². The standard InChI is InChI=1S/C22H21NO2/c24-21(11-15-10-13-5-6-14(15)9-13)23-16-7-8-18-17-3-1-2-4-19(17)22(25)20(18)12-16/h1-4,7-8,12-15H,5-6,9-11H2,(H,23,24)/t13-,14-,15-/m0/s1. The maximum Gasteiger partial charge on any atom is 0.224 e. The number of carbonyl (C=O) groups is 2. The third-order valence-corrected chi connectivity index (χ3v) is 6.34. The number of rotatable bonds is 3. The number of hydrogen-bond acceptors (Lipinski definition) is 2. The second-order valence-corrected chi connectivity index (χ2v) is 7.82.